The smallest absolute Gasteiger partial charge is 0.148 e. The molecule has 0 atom stereocenters. The molecule has 0 saturated heterocycles. The van der Waals surface area contributed by atoms with Crippen molar-refractivity contribution < 1.29 is 4.74 Å². The van der Waals surface area contributed by atoms with Gasteiger partial charge in [-0.25, -0.2) is 4.98 Å². The molecule has 1 aliphatic carbocycles. The Bertz CT molecular complexity index is 323. The Kier molecular flexibility index (Phi) is 2.43. The summed E-state index contributed by atoms with van der Waals surface area (Å²) in [5, 5.41) is 6.06. The predicted octanol–water partition coefficient (Wildman–Crippen LogP) is 1.71. The highest BCUT2D eigenvalue weighted by molar-refractivity contribution is 5.59. The lowest BCUT2D eigenvalue weighted by atomic mass is 10.3. The third kappa shape index (κ3) is 1.89. The van der Waals surface area contributed by atoms with E-state index in [-0.39, 0.29) is 0 Å². The number of pyridine rings is 1. The van der Waals surface area contributed by atoms with E-state index in [9.17, 15) is 0 Å². The van der Waals surface area contributed by atoms with E-state index in [0.717, 1.165) is 17.3 Å². The van der Waals surface area contributed by atoms with Crippen LogP contribution in [0.25, 0.3) is 0 Å². The van der Waals surface area contributed by atoms with Gasteiger partial charge in [-0.05, 0) is 12.8 Å². The van der Waals surface area contributed by atoms with E-state index in [1.807, 2.05) is 20.2 Å². The molecule has 1 aliphatic rings. The molecule has 0 amide bonds. The molecule has 4 heteroatoms. The van der Waals surface area contributed by atoms with Gasteiger partial charge in [-0.15, -0.1) is 0 Å². The van der Waals surface area contributed by atoms with Crippen LogP contribution < -0.4 is 15.4 Å². The maximum atomic E-state index is 5.75. The topological polar surface area (TPSA) is 46.2 Å². The van der Waals surface area contributed by atoms with Gasteiger partial charge in [0.15, 0.2) is 0 Å². The van der Waals surface area contributed by atoms with E-state index in [1.165, 1.54) is 12.8 Å². The second kappa shape index (κ2) is 3.74. The molecule has 1 saturated carbocycles. The van der Waals surface area contributed by atoms with E-state index in [4.69, 9.17) is 4.74 Å². The first-order chi connectivity index (χ1) is 6.83. The van der Waals surface area contributed by atoms with Crippen molar-refractivity contribution in [2.24, 2.45) is 0 Å². The molecule has 4 nitrogen and oxygen atoms in total. The van der Waals surface area contributed by atoms with Crippen molar-refractivity contribution in [3.8, 4) is 5.75 Å². The zero-order valence-electron chi connectivity index (χ0n) is 8.50. The van der Waals surface area contributed by atoms with Crippen LogP contribution in [0.2, 0.25) is 0 Å². The number of aromatic nitrogens is 1. The molecule has 2 rings (SSSR count). The van der Waals surface area contributed by atoms with Gasteiger partial charge >= 0.3 is 0 Å². The lowest BCUT2D eigenvalue weighted by Crippen LogP contribution is -2.02. The summed E-state index contributed by atoms with van der Waals surface area (Å²) in [5.41, 5.74) is 0.941. The number of ether oxygens (including phenoxy) is 1. The third-order valence-electron chi connectivity index (χ3n) is 2.21. The van der Waals surface area contributed by atoms with Crippen LogP contribution in [0.5, 0.6) is 5.75 Å². The Morgan fingerprint density at radius 2 is 2.14 bits per heavy atom. The van der Waals surface area contributed by atoms with Crippen molar-refractivity contribution in [2.75, 3.05) is 24.7 Å². The number of nitrogens with one attached hydrogen (secondary N) is 2. The minimum atomic E-state index is 0.411. The zero-order chi connectivity index (χ0) is 9.97. The lowest BCUT2D eigenvalue weighted by Gasteiger charge is -2.11. The highest BCUT2D eigenvalue weighted by Crippen LogP contribution is 2.32. The van der Waals surface area contributed by atoms with Crippen molar-refractivity contribution in [1.82, 2.24) is 4.98 Å². The Morgan fingerprint density at radius 1 is 1.36 bits per heavy atom. The second-order valence-electron chi connectivity index (χ2n) is 3.38. The molecule has 0 aliphatic heterocycles. The van der Waals surface area contributed by atoms with Crippen LogP contribution in [0, 0.1) is 0 Å². The molecular formula is C10H15N3O. The Hall–Kier alpha value is -1.45. The van der Waals surface area contributed by atoms with Crippen molar-refractivity contribution in [1.29, 1.82) is 0 Å². The summed E-state index contributed by atoms with van der Waals surface area (Å²) in [6.07, 6.45) is 4.53. The highest BCUT2D eigenvalue weighted by atomic mass is 16.5. The summed E-state index contributed by atoms with van der Waals surface area (Å²) in [6, 6.07) is 1.92. The van der Waals surface area contributed by atoms with E-state index in [2.05, 4.69) is 15.6 Å². The first kappa shape index (κ1) is 9.12. The fourth-order valence-electron chi connectivity index (χ4n) is 1.22. The van der Waals surface area contributed by atoms with Gasteiger partial charge < -0.3 is 15.4 Å². The van der Waals surface area contributed by atoms with Gasteiger partial charge in [0, 0.05) is 20.2 Å². The van der Waals surface area contributed by atoms with Gasteiger partial charge in [0.25, 0.3) is 0 Å². The summed E-state index contributed by atoms with van der Waals surface area (Å²) in [5.74, 6) is 1.72. The molecule has 1 aromatic rings. The van der Waals surface area contributed by atoms with Gasteiger partial charge in [-0.2, -0.15) is 0 Å². The molecule has 14 heavy (non-hydrogen) atoms. The minimum Gasteiger partial charge on any atom is -0.488 e. The summed E-state index contributed by atoms with van der Waals surface area (Å²) < 4.78 is 5.75. The minimum absolute atomic E-state index is 0.411. The third-order valence-corrected chi connectivity index (χ3v) is 2.21. The average Bonchev–Trinajstić information content (AvgIpc) is 3.01. The maximum Gasteiger partial charge on any atom is 0.148 e. The summed E-state index contributed by atoms with van der Waals surface area (Å²) in [6.45, 7) is 0. The van der Waals surface area contributed by atoms with Gasteiger partial charge in [-0.1, -0.05) is 0 Å². The van der Waals surface area contributed by atoms with Crippen LogP contribution in [-0.2, 0) is 0 Å². The molecule has 0 bridgehead atoms. The Balaban J connectivity index is 2.21. The summed E-state index contributed by atoms with van der Waals surface area (Å²) in [7, 11) is 3.72. The lowest BCUT2D eigenvalue weighted by molar-refractivity contribution is 0.304. The van der Waals surface area contributed by atoms with Gasteiger partial charge in [0.05, 0.1) is 18.0 Å². The Morgan fingerprint density at radius 3 is 2.71 bits per heavy atom. The predicted molar refractivity (Wildman–Crippen MR) is 57.0 cm³/mol. The highest BCUT2D eigenvalue weighted by Gasteiger charge is 2.24. The van der Waals surface area contributed by atoms with Crippen LogP contribution in [-0.4, -0.2) is 25.2 Å². The fraction of sp³-hybridized carbons (Fsp3) is 0.500. The van der Waals surface area contributed by atoms with Crippen LogP contribution in [0.15, 0.2) is 12.3 Å². The Labute approximate surface area is 83.7 Å². The van der Waals surface area contributed by atoms with Gasteiger partial charge in [-0.3, -0.25) is 0 Å². The SMILES string of the molecule is CNc1cc(OC2CC2)c(NC)cn1. The van der Waals surface area contributed by atoms with Crippen molar-refractivity contribution in [3.05, 3.63) is 12.3 Å². The zero-order valence-corrected chi connectivity index (χ0v) is 8.50. The van der Waals surface area contributed by atoms with Crippen LogP contribution in [0.1, 0.15) is 12.8 Å². The molecule has 1 heterocycles. The monoisotopic (exact) mass is 193 g/mol. The summed E-state index contributed by atoms with van der Waals surface area (Å²) in [4.78, 5) is 4.20. The van der Waals surface area contributed by atoms with E-state index < -0.39 is 0 Å². The number of rotatable bonds is 4. The molecule has 76 valence electrons. The summed E-state index contributed by atoms with van der Waals surface area (Å²) >= 11 is 0. The van der Waals surface area contributed by atoms with E-state index in [0.29, 0.717) is 6.10 Å². The van der Waals surface area contributed by atoms with Crippen LogP contribution >= 0.6 is 0 Å². The van der Waals surface area contributed by atoms with Gasteiger partial charge in [0.2, 0.25) is 0 Å². The largest absolute Gasteiger partial charge is 0.488 e. The van der Waals surface area contributed by atoms with Crippen LogP contribution in [0.4, 0.5) is 11.5 Å². The molecule has 0 radical (unpaired) electrons. The molecule has 0 aromatic carbocycles. The standard InChI is InChI=1S/C10H15N3O/c1-11-8-6-13-10(12-2)5-9(8)14-7-3-4-7/h5-7,11H,3-4H2,1-2H3,(H,12,13). The molecule has 1 aromatic heterocycles. The molecule has 0 unspecified atom stereocenters. The molecule has 1 fully saturated rings. The van der Waals surface area contributed by atoms with Crippen molar-refractivity contribution in [2.45, 2.75) is 18.9 Å². The normalized spacial score (nSPS) is 15.0. The molecule has 0 spiro atoms. The van der Waals surface area contributed by atoms with Gasteiger partial charge in [0.1, 0.15) is 11.6 Å². The number of hydrogen-bond acceptors (Lipinski definition) is 4. The first-order valence-electron chi connectivity index (χ1n) is 4.85. The van der Waals surface area contributed by atoms with E-state index in [1.54, 1.807) is 6.20 Å². The average molecular weight is 193 g/mol. The van der Waals surface area contributed by atoms with Crippen LogP contribution in [0.3, 0.4) is 0 Å². The second-order valence-corrected chi connectivity index (χ2v) is 3.38. The maximum absolute atomic E-state index is 5.75. The molecular weight excluding hydrogens is 178 g/mol. The first-order valence-corrected chi connectivity index (χ1v) is 4.85. The number of nitrogens with zero attached hydrogens (tertiary/aromatic N) is 1. The number of hydrogen-bond donors (Lipinski definition) is 2. The molecule has 2 N–H and O–H groups in total. The van der Waals surface area contributed by atoms with Crippen molar-refractivity contribution in [3.63, 3.8) is 0 Å². The quantitative estimate of drug-likeness (QED) is 0.764. The van der Waals surface area contributed by atoms with E-state index >= 15 is 0 Å². The number of anilines is 2. The fourth-order valence-corrected chi connectivity index (χ4v) is 1.22. The van der Waals surface area contributed by atoms with Crippen molar-refractivity contribution >= 4 is 11.5 Å².